The van der Waals surface area contributed by atoms with E-state index in [1.807, 2.05) is 42.6 Å². The fraction of sp³-hybridized carbons (Fsp3) is 0.286. The van der Waals surface area contributed by atoms with Crippen LogP contribution in [0.5, 0.6) is 0 Å². The number of nitrogens with zero attached hydrogens (tertiary/aromatic N) is 1. The van der Waals surface area contributed by atoms with Crippen molar-refractivity contribution in [2.24, 2.45) is 5.73 Å². The van der Waals surface area contributed by atoms with Gasteiger partial charge in [0.2, 0.25) is 5.91 Å². The standard InChI is InChI=1S/C14H17N3OS.ClH/c1-10(15)7-13(18)16-8-12-9-19-14(17-12)11-5-3-2-4-6-11;/h2-6,9-10H,7-8,15H2,1H3,(H,16,18);1H. The fourth-order valence-electron chi connectivity index (χ4n) is 1.66. The summed E-state index contributed by atoms with van der Waals surface area (Å²) >= 11 is 1.58. The number of aromatic nitrogens is 1. The van der Waals surface area contributed by atoms with E-state index in [0.717, 1.165) is 16.3 Å². The molecule has 1 atom stereocenters. The first-order valence-electron chi connectivity index (χ1n) is 6.17. The van der Waals surface area contributed by atoms with Crippen molar-refractivity contribution in [3.8, 4) is 10.6 Å². The molecule has 2 aromatic rings. The number of thiazole rings is 1. The van der Waals surface area contributed by atoms with Crippen LogP contribution in [0.4, 0.5) is 0 Å². The Morgan fingerprint density at radius 3 is 2.75 bits per heavy atom. The Labute approximate surface area is 128 Å². The number of halogens is 1. The van der Waals surface area contributed by atoms with Crippen LogP contribution in [-0.2, 0) is 11.3 Å². The van der Waals surface area contributed by atoms with Gasteiger partial charge in [0.25, 0.3) is 0 Å². The normalized spacial score (nSPS) is 11.5. The van der Waals surface area contributed by atoms with Crippen LogP contribution >= 0.6 is 23.7 Å². The zero-order valence-corrected chi connectivity index (χ0v) is 12.8. The Bertz CT molecular complexity index is 542. The maximum atomic E-state index is 11.5. The quantitative estimate of drug-likeness (QED) is 0.892. The summed E-state index contributed by atoms with van der Waals surface area (Å²) in [6.45, 7) is 2.27. The van der Waals surface area contributed by atoms with Crippen molar-refractivity contribution in [1.82, 2.24) is 10.3 Å². The molecule has 0 radical (unpaired) electrons. The third-order valence-electron chi connectivity index (χ3n) is 2.55. The van der Waals surface area contributed by atoms with Crippen LogP contribution in [0.3, 0.4) is 0 Å². The number of amides is 1. The third-order valence-corrected chi connectivity index (χ3v) is 3.49. The van der Waals surface area contributed by atoms with Gasteiger partial charge in [-0.1, -0.05) is 30.3 Å². The molecular formula is C14H18ClN3OS. The minimum atomic E-state index is -0.115. The lowest BCUT2D eigenvalue weighted by molar-refractivity contribution is -0.121. The highest BCUT2D eigenvalue weighted by Gasteiger charge is 2.07. The van der Waals surface area contributed by atoms with Crippen LogP contribution in [0.2, 0.25) is 0 Å². The minimum absolute atomic E-state index is 0. The van der Waals surface area contributed by atoms with Crippen LogP contribution in [0, 0.1) is 0 Å². The Balaban J connectivity index is 0.00000200. The van der Waals surface area contributed by atoms with Gasteiger partial charge in [0, 0.05) is 23.4 Å². The lowest BCUT2D eigenvalue weighted by atomic mass is 10.2. The molecule has 0 saturated carbocycles. The van der Waals surface area contributed by atoms with Crippen molar-refractivity contribution < 1.29 is 4.79 Å². The maximum absolute atomic E-state index is 11.5. The second-order valence-electron chi connectivity index (χ2n) is 4.47. The predicted molar refractivity (Wildman–Crippen MR) is 84.9 cm³/mol. The molecule has 0 fully saturated rings. The molecule has 0 bridgehead atoms. The van der Waals surface area contributed by atoms with Gasteiger partial charge in [-0.2, -0.15) is 0 Å². The topological polar surface area (TPSA) is 68.0 Å². The highest BCUT2D eigenvalue weighted by atomic mass is 35.5. The molecule has 1 amide bonds. The molecule has 0 aliphatic rings. The average Bonchev–Trinajstić information content (AvgIpc) is 2.85. The molecule has 6 heteroatoms. The Morgan fingerprint density at radius 1 is 1.40 bits per heavy atom. The monoisotopic (exact) mass is 311 g/mol. The lowest BCUT2D eigenvalue weighted by Crippen LogP contribution is -2.29. The molecule has 1 aromatic carbocycles. The maximum Gasteiger partial charge on any atom is 0.221 e. The fourth-order valence-corrected chi connectivity index (χ4v) is 2.48. The van der Waals surface area contributed by atoms with E-state index in [-0.39, 0.29) is 24.4 Å². The van der Waals surface area contributed by atoms with Crippen molar-refractivity contribution in [3.63, 3.8) is 0 Å². The molecule has 0 aliphatic carbocycles. The first-order valence-corrected chi connectivity index (χ1v) is 7.05. The summed E-state index contributed by atoms with van der Waals surface area (Å²) in [5, 5.41) is 5.76. The summed E-state index contributed by atoms with van der Waals surface area (Å²) in [5.74, 6) is -0.0377. The van der Waals surface area contributed by atoms with E-state index in [0.29, 0.717) is 13.0 Å². The van der Waals surface area contributed by atoms with Gasteiger partial charge in [0.15, 0.2) is 0 Å². The van der Waals surface area contributed by atoms with Crippen LogP contribution in [-0.4, -0.2) is 16.9 Å². The molecule has 1 unspecified atom stereocenters. The zero-order chi connectivity index (χ0) is 13.7. The van der Waals surface area contributed by atoms with Gasteiger partial charge in [0.05, 0.1) is 12.2 Å². The molecule has 20 heavy (non-hydrogen) atoms. The smallest absolute Gasteiger partial charge is 0.221 e. The third kappa shape index (κ3) is 4.92. The van der Waals surface area contributed by atoms with E-state index >= 15 is 0 Å². The van der Waals surface area contributed by atoms with Gasteiger partial charge in [0.1, 0.15) is 5.01 Å². The first-order chi connectivity index (χ1) is 9.15. The van der Waals surface area contributed by atoms with Crippen LogP contribution in [0.15, 0.2) is 35.7 Å². The lowest BCUT2D eigenvalue weighted by Gasteiger charge is -2.05. The van der Waals surface area contributed by atoms with Crippen LogP contribution in [0.25, 0.3) is 10.6 Å². The molecule has 0 saturated heterocycles. The molecular weight excluding hydrogens is 294 g/mol. The van der Waals surface area contributed by atoms with Gasteiger partial charge >= 0.3 is 0 Å². The second kappa shape index (κ2) is 7.99. The summed E-state index contributed by atoms with van der Waals surface area (Å²) in [7, 11) is 0. The number of nitrogens with one attached hydrogen (secondary N) is 1. The highest BCUT2D eigenvalue weighted by molar-refractivity contribution is 7.13. The van der Waals surface area contributed by atoms with E-state index in [2.05, 4.69) is 10.3 Å². The predicted octanol–water partition coefficient (Wildman–Crippen LogP) is 2.59. The second-order valence-corrected chi connectivity index (χ2v) is 5.33. The van der Waals surface area contributed by atoms with Gasteiger partial charge in [-0.3, -0.25) is 4.79 Å². The molecule has 1 heterocycles. The van der Waals surface area contributed by atoms with Crippen LogP contribution < -0.4 is 11.1 Å². The molecule has 2 rings (SSSR count). The largest absolute Gasteiger partial charge is 0.350 e. The Hall–Kier alpha value is -1.43. The van der Waals surface area contributed by atoms with Crippen molar-refractivity contribution in [2.45, 2.75) is 25.9 Å². The number of nitrogens with two attached hydrogens (primary N) is 1. The van der Waals surface area contributed by atoms with Crippen LogP contribution in [0.1, 0.15) is 19.0 Å². The van der Waals surface area contributed by atoms with Crippen molar-refractivity contribution >= 4 is 29.7 Å². The summed E-state index contributed by atoms with van der Waals surface area (Å²) in [6.07, 6.45) is 0.343. The number of hydrogen-bond donors (Lipinski definition) is 2. The Morgan fingerprint density at radius 2 is 2.10 bits per heavy atom. The van der Waals surface area contributed by atoms with Gasteiger partial charge in [-0.05, 0) is 6.92 Å². The summed E-state index contributed by atoms with van der Waals surface area (Å²) in [6, 6.07) is 9.89. The van der Waals surface area contributed by atoms with Gasteiger partial charge < -0.3 is 11.1 Å². The summed E-state index contributed by atoms with van der Waals surface area (Å²) < 4.78 is 0. The first kappa shape index (κ1) is 16.6. The van der Waals surface area contributed by atoms with Crippen molar-refractivity contribution in [1.29, 1.82) is 0 Å². The van der Waals surface area contributed by atoms with Gasteiger partial charge in [-0.15, -0.1) is 23.7 Å². The number of carbonyl (C=O) groups is 1. The number of benzene rings is 1. The van der Waals surface area contributed by atoms with E-state index in [9.17, 15) is 4.79 Å². The number of rotatable bonds is 5. The molecule has 108 valence electrons. The van der Waals surface area contributed by atoms with E-state index in [1.165, 1.54) is 0 Å². The molecule has 3 N–H and O–H groups in total. The van der Waals surface area contributed by atoms with E-state index < -0.39 is 0 Å². The van der Waals surface area contributed by atoms with Crippen molar-refractivity contribution in [3.05, 3.63) is 41.4 Å². The SMILES string of the molecule is CC(N)CC(=O)NCc1csc(-c2ccccc2)n1.Cl. The Kier molecular flexibility index (Phi) is 6.64. The number of carbonyl (C=O) groups excluding carboxylic acids is 1. The highest BCUT2D eigenvalue weighted by Crippen LogP contribution is 2.23. The molecule has 0 aliphatic heterocycles. The number of hydrogen-bond acceptors (Lipinski definition) is 4. The molecule has 4 nitrogen and oxygen atoms in total. The summed E-state index contributed by atoms with van der Waals surface area (Å²) in [4.78, 5) is 16.0. The van der Waals surface area contributed by atoms with Gasteiger partial charge in [-0.25, -0.2) is 4.98 Å². The van der Waals surface area contributed by atoms with E-state index in [1.54, 1.807) is 11.3 Å². The zero-order valence-electron chi connectivity index (χ0n) is 11.2. The average molecular weight is 312 g/mol. The minimum Gasteiger partial charge on any atom is -0.350 e. The van der Waals surface area contributed by atoms with Crippen molar-refractivity contribution in [2.75, 3.05) is 0 Å². The van der Waals surface area contributed by atoms with E-state index in [4.69, 9.17) is 5.73 Å². The molecule has 0 spiro atoms. The summed E-state index contributed by atoms with van der Waals surface area (Å²) in [5.41, 5.74) is 7.54. The molecule has 1 aromatic heterocycles.